The first-order valence-corrected chi connectivity index (χ1v) is 14.9. The third-order valence-electron chi connectivity index (χ3n) is 8.56. The minimum Gasteiger partial charge on any atom is -0.368 e. The van der Waals surface area contributed by atoms with Crippen LogP contribution in [0.2, 0.25) is 0 Å². The molecule has 2 saturated heterocycles. The van der Waals surface area contributed by atoms with Crippen LogP contribution in [-0.2, 0) is 30.7 Å². The number of urea groups is 1. The van der Waals surface area contributed by atoms with Gasteiger partial charge in [-0.1, -0.05) is 6.92 Å². The average Bonchev–Trinajstić information content (AvgIpc) is 3.65. The fourth-order valence-corrected chi connectivity index (χ4v) is 6.22. The number of rotatable bonds is 7. The number of alkyl halides is 6. The molecule has 16 heteroatoms. The van der Waals surface area contributed by atoms with E-state index in [9.17, 15) is 35.9 Å². The molecule has 2 aliphatic heterocycles. The molecular weight excluding hydrogens is 618 g/mol. The summed E-state index contributed by atoms with van der Waals surface area (Å²) in [5.41, 5.74) is 3.81. The Hall–Kier alpha value is -4.37. The summed E-state index contributed by atoms with van der Waals surface area (Å²) in [5.74, 6) is -0.536. The molecule has 2 fully saturated rings. The molecule has 0 saturated carbocycles. The summed E-state index contributed by atoms with van der Waals surface area (Å²) in [5, 5.41) is 4.12. The lowest BCUT2D eigenvalue weighted by Gasteiger charge is -2.38. The standard InChI is InChI=1S/C30H34F6N8O2/c1-3-23-11-24(17-44(23)28(46)42-7-5-4-6-25(42)26(37)45)43(27-38-12-19(13-39-27)20-14-40-41(2)16-20)15-18-8-21(29(31,32)33)10-22(9-18)30(34,35)36/h8-10,12-14,16,23-25H,3-7,11,15,17H2,1-2H3,(H2,37,45)/t23-,24+,25+/m1/s1. The van der Waals surface area contributed by atoms with E-state index in [4.69, 9.17) is 5.73 Å². The molecule has 2 aromatic heterocycles. The summed E-state index contributed by atoms with van der Waals surface area (Å²) in [6, 6.07) is -0.577. The van der Waals surface area contributed by atoms with Crippen molar-refractivity contribution in [1.29, 1.82) is 0 Å². The van der Waals surface area contributed by atoms with Crippen LogP contribution in [0.25, 0.3) is 11.1 Å². The Morgan fingerprint density at radius 3 is 2.15 bits per heavy atom. The Morgan fingerprint density at radius 1 is 0.957 bits per heavy atom. The number of amides is 3. The lowest BCUT2D eigenvalue weighted by Crippen LogP contribution is -2.56. The summed E-state index contributed by atoms with van der Waals surface area (Å²) in [6.07, 6.45) is -0.944. The van der Waals surface area contributed by atoms with Gasteiger partial charge in [0, 0.05) is 62.4 Å². The van der Waals surface area contributed by atoms with E-state index in [2.05, 4.69) is 15.1 Å². The maximum absolute atomic E-state index is 13.8. The van der Waals surface area contributed by atoms with Crippen LogP contribution < -0.4 is 10.6 Å². The average molecular weight is 653 g/mol. The summed E-state index contributed by atoms with van der Waals surface area (Å²) in [7, 11) is 1.73. The van der Waals surface area contributed by atoms with E-state index in [-0.39, 0.29) is 36.2 Å². The van der Waals surface area contributed by atoms with E-state index in [1.54, 1.807) is 33.9 Å². The highest BCUT2D eigenvalue weighted by molar-refractivity contribution is 5.86. The monoisotopic (exact) mass is 652 g/mol. The van der Waals surface area contributed by atoms with Gasteiger partial charge in [0.15, 0.2) is 0 Å². The number of anilines is 1. The molecule has 1 aromatic carbocycles. The van der Waals surface area contributed by atoms with E-state index >= 15 is 0 Å². The Balaban J connectivity index is 1.51. The van der Waals surface area contributed by atoms with Gasteiger partial charge < -0.3 is 20.4 Å². The van der Waals surface area contributed by atoms with E-state index in [1.165, 1.54) is 17.3 Å². The Kier molecular flexibility index (Phi) is 9.18. The summed E-state index contributed by atoms with van der Waals surface area (Å²) >= 11 is 0. The summed E-state index contributed by atoms with van der Waals surface area (Å²) in [4.78, 5) is 39.5. The zero-order chi connectivity index (χ0) is 33.4. The topological polar surface area (TPSA) is 113 Å². The summed E-state index contributed by atoms with van der Waals surface area (Å²) < 4.78 is 83.9. The maximum atomic E-state index is 13.8. The zero-order valence-electron chi connectivity index (χ0n) is 25.2. The number of aromatic nitrogens is 4. The van der Waals surface area contributed by atoms with Crippen LogP contribution >= 0.6 is 0 Å². The van der Waals surface area contributed by atoms with Gasteiger partial charge in [0.25, 0.3) is 0 Å². The molecule has 3 atom stereocenters. The normalized spacial score (nSPS) is 20.7. The number of hydrogen-bond donors (Lipinski definition) is 1. The molecule has 0 spiro atoms. The van der Waals surface area contributed by atoms with Gasteiger partial charge in [-0.2, -0.15) is 31.4 Å². The van der Waals surface area contributed by atoms with Crippen LogP contribution in [0, 0.1) is 0 Å². The first kappa shape index (κ1) is 33.0. The van der Waals surface area contributed by atoms with Crippen LogP contribution in [0.4, 0.5) is 37.1 Å². The molecule has 46 heavy (non-hydrogen) atoms. The van der Waals surface area contributed by atoms with Gasteiger partial charge in [-0.05, 0) is 55.9 Å². The Bertz CT molecular complexity index is 1530. The minimum atomic E-state index is -5.02. The van der Waals surface area contributed by atoms with Crippen LogP contribution in [0.15, 0.2) is 43.0 Å². The van der Waals surface area contributed by atoms with Gasteiger partial charge in [-0.25, -0.2) is 14.8 Å². The van der Waals surface area contributed by atoms with Crippen LogP contribution in [0.5, 0.6) is 0 Å². The number of benzene rings is 1. The second-order valence-electron chi connectivity index (χ2n) is 11.7. The van der Waals surface area contributed by atoms with E-state index in [1.807, 2.05) is 6.92 Å². The molecule has 10 nitrogen and oxygen atoms in total. The van der Waals surface area contributed by atoms with Crippen molar-refractivity contribution in [3.8, 4) is 11.1 Å². The zero-order valence-corrected chi connectivity index (χ0v) is 25.2. The third kappa shape index (κ3) is 7.04. The quantitative estimate of drug-likeness (QED) is 0.350. The molecule has 4 heterocycles. The van der Waals surface area contributed by atoms with E-state index < -0.39 is 48.0 Å². The molecule has 3 amide bonds. The molecule has 0 unspecified atom stereocenters. The SMILES string of the molecule is CC[C@@H]1C[C@H](N(Cc2cc(C(F)(F)F)cc(C(F)(F)F)c2)c2ncc(-c3cnn(C)c3)cn2)CN1C(=O)N1CCCC[C@H]1C(N)=O. The predicted octanol–water partition coefficient (Wildman–Crippen LogP) is 5.23. The number of carbonyl (C=O) groups excluding carboxylic acids is 2. The van der Waals surface area contributed by atoms with Gasteiger partial charge in [0.1, 0.15) is 6.04 Å². The van der Waals surface area contributed by atoms with Gasteiger partial charge in [-0.3, -0.25) is 9.48 Å². The van der Waals surface area contributed by atoms with Crippen molar-refractivity contribution in [2.45, 2.75) is 76.1 Å². The minimum absolute atomic E-state index is 0.0701. The fraction of sp³-hybridized carbons (Fsp3) is 0.500. The largest absolute Gasteiger partial charge is 0.416 e. The highest BCUT2D eigenvalue weighted by atomic mass is 19.4. The predicted molar refractivity (Wildman–Crippen MR) is 155 cm³/mol. The molecular formula is C30H34F6N8O2. The molecule has 2 aliphatic rings. The number of piperidine rings is 1. The second-order valence-corrected chi connectivity index (χ2v) is 11.7. The van der Waals surface area contributed by atoms with Crippen molar-refractivity contribution in [2.75, 3.05) is 18.0 Å². The summed E-state index contributed by atoms with van der Waals surface area (Å²) in [6.45, 7) is 1.91. The van der Waals surface area contributed by atoms with Gasteiger partial charge in [0.05, 0.1) is 23.4 Å². The first-order chi connectivity index (χ1) is 21.7. The number of carbonyl (C=O) groups is 2. The number of nitrogens with two attached hydrogens (primary N) is 1. The maximum Gasteiger partial charge on any atom is 0.416 e. The van der Waals surface area contributed by atoms with Crippen LogP contribution in [0.1, 0.15) is 55.7 Å². The van der Waals surface area contributed by atoms with Gasteiger partial charge in [-0.15, -0.1) is 0 Å². The lowest BCUT2D eigenvalue weighted by atomic mass is 10.0. The van der Waals surface area contributed by atoms with Gasteiger partial charge >= 0.3 is 18.4 Å². The molecule has 3 aromatic rings. The number of halogens is 6. The van der Waals surface area contributed by atoms with Crippen LogP contribution in [0.3, 0.4) is 0 Å². The van der Waals surface area contributed by atoms with Crippen LogP contribution in [-0.4, -0.2) is 72.7 Å². The molecule has 248 valence electrons. The highest BCUT2D eigenvalue weighted by Crippen LogP contribution is 2.38. The third-order valence-corrected chi connectivity index (χ3v) is 8.56. The first-order valence-electron chi connectivity index (χ1n) is 14.9. The Morgan fingerprint density at radius 2 is 1.61 bits per heavy atom. The number of nitrogens with zero attached hydrogens (tertiary/aromatic N) is 7. The van der Waals surface area contributed by atoms with Crippen molar-refractivity contribution in [3.63, 3.8) is 0 Å². The molecule has 2 N–H and O–H groups in total. The molecule has 0 radical (unpaired) electrons. The Labute approximate surface area is 261 Å². The molecule has 5 rings (SSSR count). The van der Waals surface area contributed by atoms with E-state index in [0.717, 1.165) is 6.42 Å². The fourth-order valence-electron chi connectivity index (χ4n) is 6.22. The number of aryl methyl sites for hydroxylation is 1. The van der Waals surface area contributed by atoms with Crippen molar-refractivity contribution < 1.29 is 35.9 Å². The van der Waals surface area contributed by atoms with Gasteiger partial charge in [0.2, 0.25) is 11.9 Å². The smallest absolute Gasteiger partial charge is 0.368 e. The number of hydrogen-bond acceptors (Lipinski definition) is 6. The number of likely N-dealkylation sites (tertiary alicyclic amines) is 2. The highest BCUT2D eigenvalue weighted by Gasteiger charge is 2.43. The van der Waals surface area contributed by atoms with Crippen molar-refractivity contribution in [2.24, 2.45) is 12.8 Å². The van der Waals surface area contributed by atoms with Crippen molar-refractivity contribution >= 4 is 17.9 Å². The molecule has 0 aliphatic carbocycles. The lowest BCUT2D eigenvalue weighted by molar-refractivity contribution is -0.143. The van der Waals surface area contributed by atoms with Crippen molar-refractivity contribution in [1.82, 2.24) is 29.5 Å². The van der Waals surface area contributed by atoms with E-state index in [0.29, 0.717) is 55.5 Å². The van der Waals surface area contributed by atoms with Crippen molar-refractivity contribution in [3.05, 3.63) is 59.7 Å². The number of primary amides is 1. The second kappa shape index (κ2) is 12.8. The molecule has 0 bridgehead atoms.